The molecule has 2 heterocycles. The summed E-state index contributed by atoms with van der Waals surface area (Å²) in [4.78, 5) is 18.9. The number of pyridine rings is 1. The maximum absolute atomic E-state index is 12.4. The van der Waals surface area contributed by atoms with Gasteiger partial charge in [0.25, 0.3) is 5.91 Å². The number of carbonyl (C=O) groups is 1. The van der Waals surface area contributed by atoms with E-state index in [-0.39, 0.29) is 11.9 Å². The van der Waals surface area contributed by atoms with Gasteiger partial charge in [0.1, 0.15) is 0 Å². The second-order valence-corrected chi connectivity index (χ2v) is 6.69. The largest absolute Gasteiger partial charge is 0.375 e. The molecule has 3 rings (SSSR count). The molecule has 0 fully saturated rings. The Bertz CT molecular complexity index is 872. The highest BCUT2D eigenvalue weighted by molar-refractivity contribution is 5.96. The van der Waals surface area contributed by atoms with Gasteiger partial charge >= 0.3 is 0 Å². The number of anilines is 1. The summed E-state index contributed by atoms with van der Waals surface area (Å²) in [5.41, 5.74) is 2.55. The number of para-hydroxylation sites is 1. The van der Waals surface area contributed by atoms with Crippen LogP contribution in [-0.4, -0.2) is 40.8 Å². The van der Waals surface area contributed by atoms with Crippen LogP contribution >= 0.6 is 0 Å². The first-order chi connectivity index (χ1) is 12.6. The average Bonchev–Trinajstić information content (AvgIpc) is 3.09. The van der Waals surface area contributed by atoms with Gasteiger partial charge in [0.2, 0.25) is 0 Å². The van der Waals surface area contributed by atoms with Crippen LogP contribution in [0.4, 0.5) is 5.69 Å². The van der Waals surface area contributed by atoms with Crippen LogP contribution in [-0.2, 0) is 0 Å². The van der Waals surface area contributed by atoms with Gasteiger partial charge < -0.3 is 10.2 Å². The van der Waals surface area contributed by atoms with Crippen LogP contribution in [0.1, 0.15) is 36.7 Å². The van der Waals surface area contributed by atoms with Gasteiger partial charge in [-0.05, 0) is 38.5 Å². The molecule has 0 saturated heterocycles. The lowest BCUT2D eigenvalue weighted by Crippen LogP contribution is -2.28. The number of nitrogens with one attached hydrogen (secondary N) is 1. The van der Waals surface area contributed by atoms with Gasteiger partial charge in [-0.15, -0.1) is 0 Å². The summed E-state index contributed by atoms with van der Waals surface area (Å²) < 4.78 is 1.86. The molecule has 0 radical (unpaired) electrons. The zero-order valence-corrected chi connectivity index (χ0v) is 15.5. The van der Waals surface area contributed by atoms with Gasteiger partial charge in [-0.3, -0.25) is 4.79 Å². The zero-order chi connectivity index (χ0) is 18.5. The second kappa shape index (κ2) is 7.99. The number of carbonyl (C=O) groups excluding carboxylic acids is 1. The van der Waals surface area contributed by atoms with Crippen molar-refractivity contribution in [1.82, 2.24) is 20.1 Å². The quantitative estimate of drug-likeness (QED) is 0.664. The van der Waals surface area contributed by atoms with Crippen molar-refractivity contribution in [2.75, 3.05) is 25.0 Å². The second-order valence-electron chi connectivity index (χ2n) is 6.69. The number of benzene rings is 1. The molecule has 0 spiro atoms. The molecular formula is C20H25N5O. The Morgan fingerprint density at radius 3 is 2.73 bits per heavy atom. The van der Waals surface area contributed by atoms with Crippen LogP contribution in [0.5, 0.6) is 0 Å². The maximum Gasteiger partial charge on any atom is 0.252 e. The molecule has 1 N–H and O–H groups in total. The summed E-state index contributed by atoms with van der Waals surface area (Å²) >= 11 is 0. The molecule has 0 aliphatic heterocycles. The first-order valence-corrected chi connectivity index (χ1v) is 8.94. The number of hydrogen-bond acceptors (Lipinski definition) is 4. The maximum atomic E-state index is 12.4. The lowest BCUT2D eigenvalue weighted by atomic mass is 10.2. The van der Waals surface area contributed by atoms with Crippen molar-refractivity contribution in [2.45, 2.75) is 26.3 Å². The van der Waals surface area contributed by atoms with Gasteiger partial charge in [0.05, 0.1) is 11.8 Å². The van der Waals surface area contributed by atoms with E-state index in [1.807, 2.05) is 28.9 Å². The van der Waals surface area contributed by atoms with Crippen molar-refractivity contribution >= 4 is 22.6 Å². The van der Waals surface area contributed by atoms with Crippen molar-refractivity contribution < 1.29 is 4.79 Å². The van der Waals surface area contributed by atoms with Gasteiger partial charge in [0, 0.05) is 43.4 Å². The fraction of sp³-hybridized carbons (Fsp3) is 0.350. The van der Waals surface area contributed by atoms with E-state index < -0.39 is 0 Å². The van der Waals surface area contributed by atoms with Crippen LogP contribution in [0, 0.1) is 0 Å². The van der Waals surface area contributed by atoms with Crippen molar-refractivity contribution in [3.05, 3.63) is 54.4 Å². The molecule has 0 aliphatic rings. The van der Waals surface area contributed by atoms with Gasteiger partial charge in [-0.25, -0.2) is 9.67 Å². The predicted molar refractivity (Wildman–Crippen MR) is 105 cm³/mol. The number of hydrogen-bond donors (Lipinski definition) is 1. The minimum Gasteiger partial charge on any atom is -0.375 e. The summed E-state index contributed by atoms with van der Waals surface area (Å²) in [6.07, 6.45) is 4.25. The molecule has 0 bridgehead atoms. The third-order valence-electron chi connectivity index (χ3n) is 4.34. The highest BCUT2D eigenvalue weighted by atomic mass is 16.1. The van der Waals surface area contributed by atoms with Crippen molar-refractivity contribution in [2.24, 2.45) is 0 Å². The molecule has 1 amide bonds. The molecule has 6 nitrogen and oxygen atoms in total. The number of aromatic nitrogens is 3. The third kappa shape index (κ3) is 4.02. The van der Waals surface area contributed by atoms with Gasteiger partial charge in [-0.1, -0.05) is 18.2 Å². The number of fused-ring (bicyclic) bond motifs is 1. The fourth-order valence-corrected chi connectivity index (χ4v) is 2.87. The molecule has 136 valence electrons. The molecule has 26 heavy (non-hydrogen) atoms. The SMILES string of the molecule is CC(C)n1ncc2cc(C(=O)NCCCN(C)c3ccccc3)cnc21. The van der Waals surface area contributed by atoms with Crippen LogP contribution in [0.25, 0.3) is 11.0 Å². The monoisotopic (exact) mass is 351 g/mol. The zero-order valence-electron chi connectivity index (χ0n) is 15.5. The molecular weight excluding hydrogens is 326 g/mol. The first-order valence-electron chi connectivity index (χ1n) is 8.94. The Labute approximate surface area is 153 Å². The van der Waals surface area contributed by atoms with E-state index in [9.17, 15) is 4.79 Å². The number of rotatable bonds is 7. The smallest absolute Gasteiger partial charge is 0.252 e. The minimum absolute atomic E-state index is 0.0981. The predicted octanol–water partition coefficient (Wildman–Crippen LogP) is 3.27. The van der Waals surface area contributed by atoms with Crippen molar-refractivity contribution in [3.63, 3.8) is 0 Å². The van der Waals surface area contributed by atoms with Gasteiger partial charge in [-0.2, -0.15) is 5.10 Å². The molecule has 2 aromatic heterocycles. The molecule has 0 unspecified atom stereocenters. The van der Waals surface area contributed by atoms with E-state index in [1.54, 1.807) is 12.4 Å². The van der Waals surface area contributed by atoms with Crippen LogP contribution in [0.3, 0.4) is 0 Å². The number of amides is 1. The van der Waals surface area contributed by atoms with Crippen molar-refractivity contribution in [1.29, 1.82) is 0 Å². The molecule has 0 saturated carbocycles. The lowest BCUT2D eigenvalue weighted by molar-refractivity contribution is 0.0953. The molecule has 1 aromatic carbocycles. The summed E-state index contributed by atoms with van der Waals surface area (Å²) in [5.74, 6) is -0.0981. The molecule has 3 aromatic rings. The minimum atomic E-state index is -0.0981. The summed E-state index contributed by atoms with van der Waals surface area (Å²) in [6.45, 7) is 5.62. The van der Waals surface area contributed by atoms with E-state index in [4.69, 9.17) is 0 Å². The Morgan fingerprint density at radius 2 is 2.00 bits per heavy atom. The Balaban J connectivity index is 1.53. The van der Waals surface area contributed by atoms with E-state index in [2.05, 4.69) is 53.3 Å². The highest BCUT2D eigenvalue weighted by Crippen LogP contribution is 2.16. The average molecular weight is 351 g/mol. The summed E-state index contributed by atoms with van der Waals surface area (Å²) in [6, 6.07) is 12.3. The normalized spacial score (nSPS) is 11.1. The summed E-state index contributed by atoms with van der Waals surface area (Å²) in [7, 11) is 2.06. The fourth-order valence-electron chi connectivity index (χ4n) is 2.87. The molecule has 0 atom stereocenters. The van der Waals surface area contributed by atoms with Crippen molar-refractivity contribution in [3.8, 4) is 0 Å². The third-order valence-corrected chi connectivity index (χ3v) is 4.34. The molecule has 6 heteroatoms. The first kappa shape index (κ1) is 17.9. The van der Waals surface area contributed by atoms with E-state index in [1.165, 1.54) is 5.69 Å². The van der Waals surface area contributed by atoms with Gasteiger partial charge in [0.15, 0.2) is 5.65 Å². The van der Waals surface area contributed by atoms with E-state index in [0.29, 0.717) is 12.1 Å². The number of nitrogens with zero attached hydrogens (tertiary/aromatic N) is 4. The topological polar surface area (TPSA) is 63.1 Å². The van der Waals surface area contributed by atoms with Crippen LogP contribution in [0.15, 0.2) is 48.8 Å². The summed E-state index contributed by atoms with van der Waals surface area (Å²) in [5, 5.41) is 8.19. The van der Waals surface area contributed by atoms with E-state index in [0.717, 1.165) is 24.0 Å². The Morgan fingerprint density at radius 1 is 1.23 bits per heavy atom. The van der Waals surface area contributed by atoms with Crippen LogP contribution in [0.2, 0.25) is 0 Å². The standard InChI is InChI=1S/C20H25N5O/c1-15(2)25-19-16(14-23-25)12-17(13-22-19)20(26)21-10-7-11-24(3)18-8-5-4-6-9-18/h4-6,8-9,12-15H,7,10-11H2,1-3H3,(H,21,26). The molecule has 0 aliphatic carbocycles. The van der Waals surface area contributed by atoms with E-state index >= 15 is 0 Å². The van der Waals surface area contributed by atoms with Crippen LogP contribution < -0.4 is 10.2 Å². The highest BCUT2D eigenvalue weighted by Gasteiger charge is 2.11. The lowest BCUT2D eigenvalue weighted by Gasteiger charge is -2.19. The Kier molecular flexibility index (Phi) is 5.51. The Hall–Kier alpha value is -2.89.